The van der Waals surface area contributed by atoms with Gasteiger partial charge < -0.3 is 14.5 Å². The Morgan fingerprint density at radius 3 is 2.61 bits per heavy atom. The highest BCUT2D eigenvalue weighted by Crippen LogP contribution is 2.59. The van der Waals surface area contributed by atoms with Gasteiger partial charge in [-0.25, -0.2) is 0 Å². The SMILES string of the molecule is COc1ccccc1CCNC(=O)C1CC12CCN(Cc1ccc(-c3ccco3)cc1)CC2. The second-order valence-electron chi connectivity index (χ2n) is 9.42. The molecular formula is C28H32N2O3. The van der Waals surface area contributed by atoms with Crippen molar-refractivity contribution in [3.05, 3.63) is 78.1 Å². The van der Waals surface area contributed by atoms with Gasteiger partial charge in [0, 0.05) is 24.6 Å². The molecule has 1 amide bonds. The van der Waals surface area contributed by atoms with E-state index >= 15 is 0 Å². The number of carbonyl (C=O) groups excluding carboxylic acids is 1. The fraction of sp³-hybridized carbons (Fsp3) is 0.393. The minimum absolute atomic E-state index is 0.185. The normalized spacial score (nSPS) is 19.4. The van der Waals surface area contributed by atoms with Crippen LogP contribution in [0.5, 0.6) is 5.75 Å². The molecule has 0 radical (unpaired) electrons. The summed E-state index contributed by atoms with van der Waals surface area (Å²) in [6, 6.07) is 20.6. The summed E-state index contributed by atoms with van der Waals surface area (Å²) in [5, 5.41) is 3.17. The molecule has 2 aliphatic rings. The van der Waals surface area contributed by atoms with E-state index in [1.54, 1.807) is 13.4 Å². The summed E-state index contributed by atoms with van der Waals surface area (Å²) in [5.41, 5.74) is 3.80. The zero-order chi connectivity index (χ0) is 22.7. The van der Waals surface area contributed by atoms with E-state index in [9.17, 15) is 4.79 Å². The van der Waals surface area contributed by atoms with Crippen LogP contribution in [-0.4, -0.2) is 37.6 Å². The molecule has 1 spiro atoms. The van der Waals surface area contributed by atoms with Gasteiger partial charge in [-0.3, -0.25) is 9.69 Å². The maximum atomic E-state index is 12.8. The minimum Gasteiger partial charge on any atom is -0.496 e. The Balaban J connectivity index is 1.06. The van der Waals surface area contributed by atoms with Crippen molar-refractivity contribution in [3.63, 3.8) is 0 Å². The van der Waals surface area contributed by atoms with Gasteiger partial charge in [0.25, 0.3) is 0 Å². The first-order valence-corrected chi connectivity index (χ1v) is 11.9. The molecule has 2 heterocycles. The molecule has 3 aromatic rings. The van der Waals surface area contributed by atoms with E-state index < -0.39 is 0 Å². The molecule has 1 aromatic heterocycles. The molecule has 1 saturated carbocycles. The summed E-state index contributed by atoms with van der Waals surface area (Å²) in [5.74, 6) is 2.21. The van der Waals surface area contributed by atoms with Crippen LogP contribution in [0.3, 0.4) is 0 Å². The fourth-order valence-electron chi connectivity index (χ4n) is 5.26. The first-order chi connectivity index (χ1) is 16.2. The van der Waals surface area contributed by atoms with E-state index in [4.69, 9.17) is 9.15 Å². The lowest BCUT2D eigenvalue weighted by Gasteiger charge is -2.32. The number of nitrogens with one attached hydrogen (secondary N) is 1. The van der Waals surface area contributed by atoms with Gasteiger partial charge in [-0.15, -0.1) is 0 Å². The zero-order valence-electron chi connectivity index (χ0n) is 19.3. The highest BCUT2D eigenvalue weighted by Gasteiger charge is 2.58. The van der Waals surface area contributed by atoms with Gasteiger partial charge in [-0.2, -0.15) is 0 Å². The number of nitrogens with zero attached hydrogens (tertiary/aromatic N) is 1. The van der Waals surface area contributed by atoms with Crippen molar-refractivity contribution in [1.29, 1.82) is 0 Å². The van der Waals surface area contributed by atoms with Gasteiger partial charge in [0.15, 0.2) is 0 Å². The first-order valence-electron chi connectivity index (χ1n) is 11.9. The number of ether oxygens (including phenoxy) is 1. The van der Waals surface area contributed by atoms with Crippen LogP contribution in [0.2, 0.25) is 0 Å². The Morgan fingerprint density at radius 2 is 1.88 bits per heavy atom. The minimum atomic E-state index is 0.185. The van der Waals surface area contributed by atoms with Crippen molar-refractivity contribution in [3.8, 4) is 17.1 Å². The number of hydrogen-bond acceptors (Lipinski definition) is 4. The number of hydrogen-bond donors (Lipinski definition) is 1. The number of likely N-dealkylation sites (tertiary alicyclic amines) is 1. The average molecular weight is 445 g/mol. The maximum Gasteiger partial charge on any atom is 0.223 e. The Kier molecular flexibility index (Phi) is 6.23. The third-order valence-electron chi connectivity index (χ3n) is 7.41. The predicted molar refractivity (Wildman–Crippen MR) is 129 cm³/mol. The van der Waals surface area contributed by atoms with Gasteiger partial charge in [0.2, 0.25) is 5.91 Å². The molecule has 1 atom stereocenters. The van der Waals surface area contributed by atoms with Crippen LogP contribution in [0.25, 0.3) is 11.3 Å². The van der Waals surface area contributed by atoms with E-state index in [2.05, 4.69) is 40.5 Å². The predicted octanol–water partition coefficient (Wildman–Crippen LogP) is 4.92. The first kappa shape index (κ1) is 21.8. The summed E-state index contributed by atoms with van der Waals surface area (Å²) >= 11 is 0. The highest BCUT2D eigenvalue weighted by molar-refractivity contribution is 5.82. The summed E-state index contributed by atoms with van der Waals surface area (Å²) in [6.45, 7) is 3.74. The number of methoxy groups -OCH3 is 1. The number of piperidine rings is 1. The summed E-state index contributed by atoms with van der Waals surface area (Å²) in [4.78, 5) is 15.3. The van der Waals surface area contributed by atoms with Crippen LogP contribution in [0.15, 0.2) is 71.3 Å². The van der Waals surface area contributed by atoms with E-state index in [0.717, 1.165) is 68.0 Å². The van der Waals surface area contributed by atoms with E-state index in [1.165, 1.54) is 5.56 Å². The van der Waals surface area contributed by atoms with Gasteiger partial charge >= 0.3 is 0 Å². The molecular weight excluding hydrogens is 412 g/mol. The number of furan rings is 1. The molecule has 1 aliphatic heterocycles. The van der Waals surface area contributed by atoms with Crippen LogP contribution >= 0.6 is 0 Å². The van der Waals surface area contributed by atoms with Crippen LogP contribution in [0, 0.1) is 11.3 Å². The van der Waals surface area contributed by atoms with Crippen LogP contribution in [0.1, 0.15) is 30.4 Å². The quantitative estimate of drug-likeness (QED) is 0.536. The Bertz CT molecular complexity index is 1070. The Labute approximate surface area is 195 Å². The molecule has 5 heteroatoms. The third kappa shape index (κ3) is 4.83. The molecule has 0 bridgehead atoms. The number of rotatable bonds is 8. The van der Waals surface area contributed by atoms with Gasteiger partial charge in [0.1, 0.15) is 11.5 Å². The van der Waals surface area contributed by atoms with Gasteiger partial charge in [0.05, 0.1) is 13.4 Å². The molecule has 172 valence electrons. The van der Waals surface area contributed by atoms with E-state index in [1.807, 2.05) is 30.3 Å². The van der Waals surface area contributed by atoms with Crippen molar-refractivity contribution in [1.82, 2.24) is 10.2 Å². The molecule has 1 aliphatic carbocycles. The third-order valence-corrected chi connectivity index (χ3v) is 7.41. The lowest BCUT2D eigenvalue weighted by Crippen LogP contribution is -2.37. The second kappa shape index (κ2) is 9.44. The Hall–Kier alpha value is -3.05. The molecule has 33 heavy (non-hydrogen) atoms. The zero-order valence-corrected chi connectivity index (χ0v) is 19.3. The highest BCUT2D eigenvalue weighted by atomic mass is 16.5. The largest absolute Gasteiger partial charge is 0.496 e. The van der Waals surface area contributed by atoms with Crippen molar-refractivity contribution in [2.24, 2.45) is 11.3 Å². The van der Waals surface area contributed by atoms with Gasteiger partial charge in [-0.1, -0.05) is 42.5 Å². The summed E-state index contributed by atoms with van der Waals surface area (Å²) in [7, 11) is 1.69. The van der Waals surface area contributed by atoms with Crippen LogP contribution < -0.4 is 10.1 Å². The lowest BCUT2D eigenvalue weighted by atomic mass is 9.90. The molecule has 5 nitrogen and oxygen atoms in total. The summed E-state index contributed by atoms with van der Waals surface area (Å²) < 4.78 is 10.9. The van der Waals surface area contributed by atoms with Crippen molar-refractivity contribution < 1.29 is 13.9 Å². The van der Waals surface area contributed by atoms with Crippen molar-refractivity contribution in [2.45, 2.75) is 32.2 Å². The van der Waals surface area contributed by atoms with Crippen molar-refractivity contribution >= 4 is 5.91 Å². The lowest BCUT2D eigenvalue weighted by molar-refractivity contribution is -0.123. The second-order valence-corrected chi connectivity index (χ2v) is 9.42. The number of amides is 1. The molecule has 2 fully saturated rings. The van der Waals surface area contributed by atoms with Crippen molar-refractivity contribution in [2.75, 3.05) is 26.7 Å². The molecule has 5 rings (SSSR count). The topological polar surface area (TPSA) is 54.7 Å². The fourth-order valence-corrected chi connectivity index (χ4v) is 5.26. The molecule has 1 saturated heterocycles. The number of carbonyl (C=O) groups is 1. The van der Waals surface area contributed by atoms with E-state index in [0.29, 0.717) is 6.54 Å². The van der Waals surface area contributed by atoms with E-state index in [-0.39, 0.29) is 17.2 Å². The molecule has 1 unspecified atom stereocenters. The van der Waals surface area contributed by atoms with Crippen LogP contribution in [-0.2, 0) is 17.8 Å². The monoisotopic (exact) mass is 444 g/mol. The summed E-state index contributed by atoms with van der Waals surface area (Å²) in [6.07, 6.45) is 5.77. The Morgan fingerprint density at radius 1 is 1.09 bits per heavy atom. The number of para-hydroxylation sites is 1. The average Bonchev–Trinajstić information content (AvgIpc) is 3.26. The maximum absolute atomic E-state index is 12.8. The molecule has 2 aromatic carbocycles. The smallest absolute Gasteiger partial charge is 0.223 e. The number of benzene rings is 2. The molecule has 1 N–H and O–H groups in total. The standard InChI is InChI=1S/C28H32N2O3/c1-32-25-6-3-2-5-22(25)12-15-29-27(31)24-19-28(24)13-16-30(17-14-28)20-21-8-10-23(11-9-21)26-7-4-18-33-26/h2-11,18,24H,12-17,19-20H2,1H3,(H,29,31). The van der Waals surface area contributed by atoms with Crippen LogP contribution in [0.4, 0.5) is 0 Å². The van der Waals surface area contributed by atoms with Gasteiger partial charge in [-0.05, 0) is 73.5 Å².